The number of carboxylic acid groups (broad SMARTS) is 1. The van der Waals surface area contributed by atoms with Crippen LogP contribution in [0.1, 0.15) is 11.1 Å². The lowest BCUT2D eigenvalue weighted by Crippen LogP contribution is -2.44. The van der Waals surface area contributed by atoms with E-state index in [0.717, 1.165) is 5.56 Å². The standard InChI is InChI=1S/C18H18N2O6/c1-12-9-14(7-8-16(12)20(24)25)26-11-17(21)19-15(18(22)23)10-13-5-3-2-4-6-13/h2-9,15H,10-11H2,1H3,(H,19,21)(H,22,23). The normalized spacial score (nSPS) is 11.4. The second-order valence-electron chi connectivity index (χ2n) is 5.64. The molecule has 8 heteroatoms. The van der Waals surface area contributed by atoms with E-state index >= 15 is 0 Å². The van der Waals surface area contributed by atoms with E-state index in [9.17, 15) is 24.8 Å². The van der Waals surface area contributed by atoms with Gasteiger partial charge in [-0.3, -0.25) is 14.9 Å². The van der Waals surface area contributed by atoms with Gasteiger partial charge in [-0.2, -0.15) is 0 Å². The lowest BCUT2D eigenvalue weighted by atomic mass is 10.1. The van der Waals surface area contributed by atoms with E-state index < -0.39 is 29.4 Å². The number of nitro groups is 1. The SMILES string of the molecule is Cc1cc(OCC(=O)NC(Cc2ccccc2)C(=O)O)ccc1[N+](=O)[O-]. The van der Waals surface area contributed by atoms with E-state index in [-0.39, 0.29) is 17.9 Å². The van der Waals surface area contributed by atoms with Crippen molar-refractivity contribution in [1.29, 1.82) is 0 Å². The van der Waals surface area contributed by atoms with Crippen LogP contribution in [0.3, 0.4) is 0 Å². The van der Waals surface area contributed by atoms with Crippen molar-refractivity contribution in [3.05, 3.63) is 69.8 Å². The van der Waals surface area contributed by atoms with Crippen LogP contribution in [-0.2, 0) is 16.0 Å². The Morgan fingerprint density at radius 1 is 1.23 bits per heavy atom. The molecule has 2 aromatic rings. The summed E-state index contributed by atoms with van der Waals surface area (Å²) in [5.74, 6) is -1.45. The van der Waals surface area contributed by atoms with Gasteiger partial charge in [0.1, 0.15) is 11.8 Å². The van der Waals surface area contributed by atoms with E-state index in [2.05, 4.69) is 5.32 Å². The van der Waals surface area contributed by atoms with Crippen molar-refractivity contribution < 1.29 is 24.4 Å². The minimum absolute atomic E-state index is 0.0457. The molecule has 136 valence electrons. The summed E-state index contributed by atoms with van der Waals surface area (Å²) in [5.41, 5.74) is 1.14. The summed E-state index contributed by atoms with van der Waals surface area (Å²) >= 11 is 0. The first-order valence-corrected chi connectivity index (χ1v) is 7.80. The van der Waals surface area contributed by atoms with Crippen molar-refractivity contribution in [2.75, 3.05) is 6.61 Å². The molecule has 0 heterocycles. The fourth-order valence-corrected chi connectivity index (χ4v) is 2.36. The number of ether oxygens (including phenoxy) is 1. The van der Waals surface area contributed by atoms with Crippen LogP contribution in [0, 0.1) is 17.0 Å². The number of benzene rings is 2. The molecule has 1 amide bonds. The van der Waals surface area contributed by atoms with Crippen LogP contribution in [0.25, 0.3) is 0 Å². The number of nitrogens with one attached hydrogen (secondary N) is 1. The summed E-state index contributed by atoms with van der Waals surface area (Å²) in [6.07, 6.45) is 0.151. The zero-order valence-corrected chi connectivity index (χ0v) is 14.0. The summed E-state index contributed by atoms with van der Waals surface area (Å²) in [6, 6.07) is 12.0. The summed E-state index contributed by atoms with van der Waals surface area (Å²) in [4.78, 5) is 33.6. The maximum atomic E-state index is 12.0. The molecule has 0 spiro atoms. The van der Waals surface area contributed by atoms with Gasteiger partial charge in [0, 0.05) is 18.1 Å². The molecule has 8 nitrogen and oxygen atoms in total. The highest BCUT2D eigenvalue weighted by Crippen LogP contribution is 2.22. The van der Waals surface area contributed by atoms with E-state index in [1.807, 2.05) is 6.07 Å². The molecule has 0 fully saturated rings. The van der Waals surface area contributed by atoms with Gasteiger partial charge in [0.2, 0.25) is 0 Å². The Morgan fingerprint density at radius 3 is 2.50 bits per heavy atom. The predicted molar refractivity (Wildman–Crippen MR) is 93.0 cm³/mol. The van der Waals surface area contributed by atoms with Crippen molar-refractivity contribution in [2.24, 2.45) is 0 Å². The molecule has 1 unspecified atom stereocenters. The van der Waals surface area contributed by atoms with Crippen LogP contribution in [-0.4, -0.2) is 34.6 Å². The third-order valence-corrected chi connectivity index (χ3v) is 3.65. The summed E-state index contributed by atoms with van der Waals surface area (Å²) < 4.78 is 5.29. The van der Waals surface area contributed by atoms with E-state index in [4.69, 9.17) is 4.74 Å². The minimum Gasteiger partial charge on any atom is -0.484 e. The molecule has 0 saturated carbocycles. The van der Waals surface area contributed by atoms with Crippen molar-refractivity contribution in [3.63, 3.8) is 0 Å². The lowest BCUT2D eigenvalue weighted by Gasteiger charge is -2.15. The monoisotopic (exact) mass is 358 g/mol. The number of nitrogens with zero attached hydrogens (tertiary/aromatic N) is 1. The zero-order valence-electron chi connectivity index (χ0n) is 14.0. The average Bonchev–Trinajstić information content (AvgIpc) is 2.60. The van der Waals surface area contributed by atoms with Crippen LogP contribution in [0.2, 0.25) is 0 Å². The maximum Gasteiger partial charge on any atom is 0.326 e. The van der Waals surface area contributed by atoms with Crippen LogP contribution < -0.4 is 10.1 Å². The molecule has 0 aliphatic rings. The average molecular weight is 358 g/mol. The Morgan fingerprint density at radius 2 is 1.92 bits per heavy atom. The molecule has 0 aromatic heterocycles. The van der Waals surface area contributed by atoms with Gasteiger partial charge in [-0.05, 0) is 24.6 Å². The number of carboxylic acids is 1. The van der Waals surface area contributed by atoms with Crippen molar-refractivity contribution in [1.82, 2.24) is 5.32 Å². The quantitative estimate of drug-likeness (QED) is 0.551. The second-order valence-corrected chi connectivity index (χ2v) is 5.64. The number of aliphatic carboxylic acids is 1. The predicted octanol–water partition coefficient (Wildman–Crippen LogP) is 2.09. The first-order valence-electron chi connectivity index (χ1n) is 7.80. The smallest absolute Gasteiger partial charge is 0.326 e. The summed E-state index contributed by atoms with van der Waals surface area (Å²) in [7, 11) is 0. The van der Waals surface area contributed by atoms with Crippen LogP contribution in [0.4, 0.5) is 5.69 Å². The highest BCUT2D eigenvalue weighted by Gasteiger charge is 2.20. The first kappa shape index (κ1) is 18.9. The van der Waals surface area contributed by atoms with Gasteiger partial charge < -0.3 is 15.2 Å². The molecule has 1 atom stereocenters. The Balaban J connectivity index is 1.93. The Kier molecular flexibility index (Phi) is 6.26. The van der Waals surface area contributed by atoms with E-state index in [1.54, 1.807) is 31.2 Å². The molecule has 26 heavy (non-hydrogen) atoms. The number of rotatable bonds is 8. The number of carbonyl (C=O) groups is 2. The molecule has 2 rings (SSSR count). The van der Waals surface area contributed by atoms with E-state index in [0.29, 0.717) is 5.56 Å². The zero-order chi connectivity index (χ0) is 19.1. The summed E-state index contributed by atoms with van der Waals surface area (Å²) in [6.45, 7) is 1.17. The number of hydrogen-bond acceptors (Lipinski definition) is 5. The largest absolute Gasteiger partial charge is 0.484 e. The molecule has 0 bridgehead atoms. The minimum atomic E-state index is -1.15. The summed E-state index contributed by atoms with van der Waals surface area (Å²) in [5, 5.41) is 22.5. The number of hydrogen-bond donors (Lipinski definition) is 2. The number of nitro benzene ring substituents is 1. The van der Waals surface area contributed by atoms with Gasteiger partial charge in [0.25, 0.3) is 11.6 Å². The van der Waals surface area contributed by atoms with Gasteiger partial charge in [0.15, 0.2) is 6.61 Å². The molecule has 0 aliphatic heterocycles. The Hall–Kier alpha value is -3.42. The van der Waals surface area contributed by atoms with Crippen LogP contribution in [0.5, 0.6) is 5.75 Å². The third-order valence-electron chi connectivity index (χ3n) is 3.65. The first-order chi connectivity index (χ1) is 12.4. The topological polar surface area (TPSA) is 119 Å². The third kappa shape index (κ3) is 5.30. The molecular weight excluding hydrogens is 340 g/mol. The molecule has 0 radical (unpaired) electrons. The Bertz CT molecular complexity index is 807. The van der Waals surface area contributed by atoms with Gasteiger partial charge in [0.05, 0.1) is 4.92 Å². The lowest BCUT2D eigenvalue weighted by molar-refractivity contribution is -0.385. The second kappa shape index (κ2) is 8.61. The molecular formula is C18H18N2O6. The molecule has 0 saturated heterocycles. The van der Waals surface area contributed by atoms with E-state index in [1.165, 1.54) is 18.2 Å². The highest BCUT2D eigenvalue weighted by molar-refractivity contribution is 5.84. The maximum absolute atomic E-state index is 12.0. The van der Waals surface area contributed by atoms with Crippen molar-refractivity contribution >= 4 is 17.6 Å². The number of carbonyl (C=O) groups excluding carboxylic acids is 1. The molecule has 2 N–H and O–H groups in total. The van der Waals surface area contributed by atoms with Gasteiger partial charge in [-0.15, -0.1) is 0 Å². The van der Waals surface area contributed by atoms with Crippen molar-refractivity contribution in [3.8, 4) is 5.75 Å². The van der Waals surface area contributed by atoms with Crippen molar-refractivity contribution in [2.45, 2.75) is 19.4 Å². The van der Waals surface area contributed by atoms with Gasteiger partial charge in [-0.1, -0.05) is 30.3 Å². The fourth-order valence-electron chi connectivity index (χ4n) is 2.36. The van der Waals surface area contributed by atoms with Crippen LogP contribution >= 0.6 is 0 Å². The number of aryl methyl sites for hydroxylation is 1. The van der Waals surface area contributed by atoms with Gasteiger partial charge >= 0.3 is 5.97 Å². The molecule has 2 aromatic carbocycles. The number of amides is 1. The fraction of sp³-hybridized carbons (Fsp3) is 0.222. The molecule has 0 aliphatic carbocycles. The van der Waals surface area contributed by atoms with Gasteiger partial charge in [-0.25, -0.2) is 4.79 Å². The highest BCUT2D eigenvalue weighted by atomic mass is 16.6. The van der Waals surface area contributed by atoms with Crippen LogP contribution in [0.15, 0.2) is 48.5 Å². The Labute approximate surface area is 149 Å².